The Hall–Kier alpha value is -3.69. The van der Waals surface area contributed by atoms with Crippen molar-refractivity contribution in [2.24, 2.45) is 0 Å². The van der Waals surface area contributed by atoms with Crippen LogP contribution in [0.15, 0.2) is 47.4 Å². The van der Waals surface area contributed by atoms with Gasteiger partial charge in [-0.25, -0.2) is 4.68 Å². The van der Waals surface area contributed by atoms with Gasteiger partial charge in [-0.05, 0) is 62.7 Å². The number of carbonyl (C=O) groups is 2. The summed E-state index contributed by atoms with van der Waals surface area (Å²) in [4.78, 5) is 41.1. The summed E-state index contributed by atoms with van der Waals surface area (Å²) in [5.41, 5.74) is 2.62. The van der Waals surface area contributed by atoms with Gasteiger partial charge in [0.05, 0.1) is 22.6 Å². The summed E-state index contributed by atoms with van der Waals surface area (Å²) in [5.74, 6) is 0.313. The molecule has 0 fully saturated rings. The average molecular weight is 537 g/mol. The summed E-state index contributed by atoms with van der Waals surface area (Å²) in [6, 6.07) is 9.41. The minimum Gasteiger partial charge on any atom is -0.486 e. The first-order chi connectivity index (χ1) is 17.7. The number of amides is 1. The Labute approximate surface area is 221 Å². The predicted octanol–water partition coefficient (Wildman–Crippen LogP) is 5.02. The van der Waals surface area contributed by atoms with Crippen LogP contribution in [-0.4, -0.2) is 39.1 Å². The highest BCUT2D eigenvalue weighted by atomic mass is 35.5. The molecule has 4 heterocycles. The summed E-state index contributed by atoms with van der Waals surface area (Å²) in [6.07, 6.45) is 4.84. The Morgan fingerprint density at radius 2 is 2.14 bits per heavy atom. The first kappa shape index (κ1) is 25.0. The third-order valence-electron chi connectivity index (χ3n) is 6.13. The summed E-state index contributed by atoms with van der Waals surface area (Å²) in [6.45, 7) is 5.80. The van der Waals surface area contributed by atoms with Crippen LogP contribution in [0.1, 0.15) is 47.6 Å². The van der Waals surface area contributed by atoms with Gasteiger partial charge in [0.1, 0.15) is 17.5 Å². The fourth-order valence-electron chi connectivity index (χ4n) is 4.30. The van der Waals surface area contributed by atoms with Crippen molar-refractivity contribution in [3.63, 3.8) is 0 Å². The Morgan fingerprint density at radius 3 is 2.86 bits per heavy atom. The number of carbonyl (C=O) groups excluding carboxylic acids is 2. The summed E-state index contributed by atoms with van der Waals surface area (Å²) >= 11 is 7.92. The van der Waals surface area contributed by atoms with Crippen LogP contribution < -0.4 is 15.6 Å². The smallest absolute Gasteiger partial charge is 0.256 e. The minimum absolute atomic E-state index is 0.0316. The quantitative estimate of drug-likeness (QED) is 0.255. The number of Topliss-reactive ketones (excluding diaryl/α,β-unsaturated/α-hetero) is 1. The Balaban J connectivity index is 1.22. The van der Waals surface area contributed by atoms with Gasteiger partial charge in [-0.15, -0.1) is 11.3 Å². The topological polar surface area (TPSA) is 106 Å². The van der Waals surface area contributed by atoms with Crippen molar-refractivity contribution in [2.45, 2.75) is 39.3 Å². The molecule has 0 aliphatic carbocycles. The van der Waals surface area contributed by atoms with Crippen LogP contribution in [0.2, 0.25) is 5.02 Å². The number of H-pyrrole nitrogens is 1. The number of aromatic nitrogens is 3. The van der Waals surface area contributed by atoms with Crippen molar-refractivity contribution < 1.29 is 14.3 Å². The van der Waals surface area contributed by atoms with Crippen LogP contribution in [0, 0.1) is 0 Å². The number of nitrogens with one attached hydrogen (secondary N) is 2. The lowest BCUT2D eigenvalue weighted by Gasteiger charge is -2.11. The zero-order chi connectivity index (χ0) is 26.3. The number of ether oxygens (including phenoxy) is 1. The maximum atomic E-state index is 12.5. The van der Waals surface area contributed by atoms with Crippen LogP contribution in [0.25, 0.3) is 27.6 Å². The molecule has 0 bridgehead atoms. The van der Waals surface area contributed by atoms with Crippen molar-refractivity contribution >= 4 is 51.7 Å². The van der Waals surface area contributed by atoms with E-state index in [4.69, 9.17) is 16.3 Å². The Bertz CT molecular complexity index is 1610. The molecule has 1 aliphatic rings. The molecule has 1 amide bonds. The third kappa shape index (κ3) is 5.10. The van der Waals surface area contributed by atoms with Gasteiger partial charge in [0.15, 0.2) is 5.78 Å². The summed E-state index contributed by atoms with van der Waals surface area (Å²) in [5, 5.41) is 8.42. The van der Waals surface area contributed by atoms with Gasteiger partial charge in [-0.3, -0.25) is 14.4 Å². The molecule has 1 aromatic carbocycles. The lowest BCUT2D eigenvalue weighted by molar-refractivity contribution is -0.116. The first-order valence-corrected chi connectivity index (χ1v) is 13.1. The largest absolute Gasteiger partial charge is 0.486 e. The van der Waals surface area contributed by atoms with E-state index >= 15 is 0 Å². The highest BCUT2D eigenvalue weighted by Gasteiger charge is 2.26. The molecule has 10 heteroatoms. The van der Waals surface area contributed by atoms with E-state index in [2.05, 4.69) is 15.4 Å². The van der Waals surface area contributed by atoms with Crippen LogP contribution in [0.4, 0.5) is 0 Å². The molecule has 4 aromatic rings. The number of ketones is 1. The number of pyridine rings is 1. The van der Waals surface area contributed by atoms with Crippen LogP contribution in [0.5, 0.6) is 5.75 Å². The number of benzene rings is 1. The highest BCUT2D eigenvalue weighted by Crippen LogP contribution is 2.41. The van der Waals surface area contributed by atoms with Crippen molar-refractivity contribution in [3.8, 4) is 16.2 Å². The van der Waals surface area contributed by atoms with Crippen molar-refractivity contribution in [1.29, 1.82) is 0 Å². The van der Waals surface area contributed by atoms with Gasteiger partial charge < -0.3 is 15.0 Å². The molecule has 1 aliphatic heterocycles. The lowest BCUT2D eigenvalue weighted by Crippen LogP contribution is -2.33. The number of nitrogens with zero attached hydrogens (tertiary/aromatic N) is 2. The second kappa shape index (κ2) is 9.99. The molecule has 5 rings (SSSR count). The number of halogens is 1. The van der Waals surface area contributed by atoms with E-state index in [0.717, 1.165) is 21.4 Å². The molecular formula is C27H25ClN4O4S. The number of aromatic amines is 1. The van der Waals surface area contributed by atoms with Crippen LogP contribution in [0.3, 0.4) is 0 Å². The predicted molar refractivity (Wildman–Crippen MR) is 146 cm³/mol. The van der Waals surface area contributed by atoms with E-state index < -0.39 is 0 Å². The maximum Gasteiger partial charge on any atom is 0.256 e. The fourth-order valence-corrected chi connectivity index (χ4v) is 5.48. The van der Waals surface area contributed by atoms with Gasteiger partial charge in [-0.1, -0.05) is 11.6 Å². The molecule has 37 heavy (non-hydrogen) atoms. The third-order valence-corrected chi connectivity index (χ3v) is 7.64. The lowest BCUT2D eigenvalue weighted by atomic mass is 10.1. The molecule has 8 nitrogen and oxygen atoms in total. The number of hydrogen-bond donors (Lipinski definition) is 2. The van der Waals surface area contributed by atoms with Gasteiger partial charge in [-0.2, -0.15) is 5.10 Å². The SMILES string of the molecule is CC(=O)c1ccc(-c2cc(Cl)c3c(c2)CC(CNC(=O)/C=C/c2cc4cnn(C(C)C)c4[nH]c2=O)O3)s1. The van der Waals surface area contributed by atoms with E-state index in [-0.39, 0.29) is 35.9 Å². The molecule has 3 aromatic heterocycles. The molecule has 0 saturated heterocycles. The van der Waals surface area contributed by atoms with Gasteiger partial charge in [0, 0.05) is 39.9 Å². The van der Waals surface area contributed by atoms with E-state index in [1.54, 1.807) is 23.9 Å². The number of hydrogen-bond acceptors (Lipinski definition) is 6. The standard InChI is InChI=1S/C27H25ClN4O4S/c1-14(2)32-26-19(12-30-32)8-16(27(35)31-26)4-7-24(34)29-13-20-10-18-9-17(11-21(28)25(18)36-20)23-6-5-22(37-23)15(3)33/h4-9,11-12,14,20H,10,13H2,1-3H3,(H,29,34)(H,31,35)/b7-4+. The van der Waals surface area contributed by atoms with E-state index in [9.17, 15) is 14.4 Å². The second-order valence-corrected chi connectivity index (χ2v) is 10.7. The van der Waals surface area contributed by atoms with Crippen molar-refractivity contribution in [1.82, 2.24) is 20.1 Å². The van der Waals surface area contributed by atoms with Crippen molar-refractivity contribution in [3.05, 3.63) is 74.0 Å². The van der Waals surface area contributed by atoms with Crippen LogP contribution in [-0.2, 0) is 11.2 Å². The molecule has 2 N–H and O–H groups in total. The molecular weight excluding hydrogens is 512 g/mol. The Morgan fingerprint density at radius 1 is 1.32 bits per heavy atom. The second-order valence-electron chi connectivity index (χ2n) is 9.23. The molecule has 190 valence electrons. The highest BCUT2D eigenvalue weighted by molar-refractivity contribution is 7.17. The minimum atomic E-state index is -0.334. The van der Waals surface area contributed by atoms with Gasteiger partial charge in [0.2, 0.25) is 5.91 Å². The summed E-state index contributed by atoms with van der Waals surface area (Å²) < 4.78 is 7.73. The van der Waals surface area contributed by atoms with Gasteiger partial charge in [0.25, 0.3) is 5.56 Å². The summed E-state index contributed by atoms with van der Waals surface area (Å²) in [7, 11) is 0. The first-order valence-electron chi connectivity index (χ1n) is 11.9. The number of fused-ring (bicyclic) bond motifs is 2. The number of rotatable bonds is 7. The number of thiophene rings is 1. The van der Waals surface area contributed by atoms with E-state index in [1.165, 1.54) is 23.5 Å². The normalized spacial score (nSPS) is 14.9. The molecule has 1 atom stereocenters. The fraction of sp³-hybridized carbons (Fsp3) is 0.259. The molecule has 0 spiro atoms. The zero-order valence-corrected chi connectivity index (χ0v) is 22.1. The monoisotopic (exact) mass is 536 g/mol. The van der Waals surface area contributed by atoms with E-state index in [0.29, 0.717) is 33.3 Å². The molecule has 1 unspecified atom stereocenters. The Kier molecular flexibility index (Phi) is 6.74. The zero-order valence-electron chi connectivity index (χ0n) is 20.5. The maximum absolute atomic E-state index is 12.5. The molecule has 0 saturated carbocycles. The molecule has 0 radical (unpaired) electrons. The van der Waals surface area contributed by atoms with Crippen LogP contribution >= 0.6 is 22.9 Å². The van der Waals surface area contributed by atoms with E-state index in [1.807, 2.05) is 38.1 Å². The van der Waals surface area contributed by atoms with Crippen molar-refractivity contribution in [2.75, 3.05) is 6.54 Å². The van der Waals surface area contributed by atoms with Gasteiger partial charge >= 0.3 is 0 Å². The average Bonchev–Trinajstić information content (AvgIpc) is 3.59.